The number of halogens is 1. The van der Waals surface area contributed by atoms with Crippen molar-refractivity contribution in [1.29, 1.82) is 0 Å². The van der Waals surface area contributed by atoms with E-state index in [2.05, 4.69) is 5.32 Å². The number of rotatable bonds is 6. The summed E-state index contributed by atoms with van der Waals surface area (Å²) in [5.74, 6) is -2.48. The summed E-state index contributed by atoms with van der Waals surface area (Å²) in [6.45, 7) is 3.07. The van der Waals surface area contributed by atoms with Gasteiger partial charge in [0.1, 0.15) is 5.56 Å². The van der Waals surface area contributed by atoms with Crippen LogP contribution >= 0.6 is 0 Å². The zero-order valence-electron chi connectivity index (χ0n) is 11.0. The molecule has 110 valence electrons. The van der Waals surface area contributed by atoms with E-state index in [1.165, 1.54) is 0 Å². The molecule has 1 aromatic rings. The van der Waals surface area contributed by atoms with Crippen molar-refractivity contribution in [2.24, 2.45) is 0 Å². The minimum absolute atomic E-state index is 0.202. The van der Waals surface area contributed by atoms with Crippen molar-refractivity contribution in [3.63, 3.8) is 0 Å². The fraction of sp³-hybridized carbons (Fsp3) is 0.417. The van der Waals surface area contributed by atoms with Gasteiger partial charge < -0.3 is 15.5 Å². The Morgan fingerprint density at radius 2 is 2.15 bits per heavy atom. The summed E-state index contributed by atoms with van der Waals surface area (Å²) in [6, 6.07) is 1.42. The Morgan fingerprint density at radius 1 is 1.55 bits per heavy atom. The molecule has 0 bridgehead atoms. The van der Waals surface area contributed by atoms with Crippen molar-refractivity contribution in [2.75, 3.05) is 11.9 Å². The van der Waals surface area contributed by atoms with Gasteiger partial charge in [-0.2, -0.15) is 0 Å². The number of anilines is 1. The number of nitrogens with zero attached hydrogens (tertiary/aromatic N) is 1. The van der Waals surface area contributed by atoms with Gasteiger partial charge in [0.05, 0.1) is 28.8 Å². The molecule has 0 aromatic heterocycles. The van der Waals surface area contributed by atoms with Crippen LogP contribution in [0, 0.1) is 15.9 Å². The number of nitro benzene ring substituents is 1. The van der Waals surface area contributed by atoms with Gasteiger partial charge in [0.15, 0.2) is 5.82 Å². The van der Waals surface area contributed by atoms with Crippen molar-refractivity contribution in [2.45, 2.75) is 25.8 Å². The average Bonchev–Trinajstić information content (AvgIpc) is 2.40. The van der Waals surface area contributed by atoms with Crippen molar-refractivity contribution in [1.82, 2.24) is 0 Å². The molecule has 0 amide bonds. The van der Waals surface area contributed by atoms with Gasteiger partial charge in [-0.05, 0) is 19.4 Å². The largest absolute Gasteiger partial charge is 0.477 e. The number of aromatic carboxylic acids is 1. The van der Waals surface area contributed by atoms with Crippen LogP contribution < -0.4 is 5.32 Å². The molecule has 3 N–H and O–H groups in total. The summed E-state index contributed by atoms with van der Waals surface area (Å²) in [5.41, 5.74) is -2.49. The van der Waals surface area contributed by atoms with E-state index in [0.29, 0.717) is 12.5 Å². The lowest BCUT2D eigenvalue weighted by atomic mass is 9.99. The van der Waals surface area contributed by atoms with E-state index in [0.717, 1.165) is 6.07 Å². The van der Waals surface area contributed by atoms with E-state index in [9.17, 15) is 24.4 Å². The molecule has 0 aliphatic carbocycles. The Morgan fingerprint density at radius 3 is 2.55 bits per heavy atom. The molecule has 20 heavy (non-hydrogen) atoms. The number of carboxylic acid groups (broad SMARTS) is 1. The van der Waals surface area contributed by atoms with Crippen LogP contribution in [0.5, 0.6) is 0 Å². The smallest absolute Gasteiger partial charge is 0.342 e. The number of aliphatic hydroxyl groups excluding tert-OH is 1. The summed E-state index contributed by atoms with van der Waals surface area (Å²) < 4.78 is 13.8. The van der Waals surface area contributed by atoms with Crippen LogP contribution in [0.15, 0.2) is 12.1 Å². The molecule has 1 aromatic carbocycles. The first-order valence-electron chi connectivity index (χ1n) is 5.84. The maximum atomic E-state index is 13.8. The van der Waals surface area contributed by atoms with Gasteiger partial charge in [-0.3, -0.25) is 10.1 Å². The minimum Gasteiger partial charge on any atom is -0.477 e. The Hall–Kier alpha value is -2.22. The van der Waals surface area contributed by atoms with Crippen LogP contribution in [0.25, 0.3) is 0 Å². The summed E-state index contributed by atoms with van der Waals surface area (Å²) in [4.78, 5) is 20.7. The van der Waals surface area contributed by atoms with Crippen LogP contribution in [0.2, 0.25) is 0 Å². The van der Waals surface area contributed by atoms with Gasteiger partial charge in [-0.1, -0.05) is 6.92 Å². The zero-order chi connectivity index (χ0) is 15.5. The van der Waals surface area contributed by atoms with Crippen molar-refractivity contribution < 1.29 is 24.3 Å². The van der Waals surface area contributed by atoms with Gasteiger partial charge in [-0.25, -0.2) is 9.18 Å². The fourth-order valence-electron chi connectivity index (χ4n) is 1.55. The SMILES string of the molecule is CCC(C)(CO)Nc1cc(C(=O)O)c([N+](=O)[O-])cc1F. The molecule has 8 heteroatoms. The Balaban J connectivity index is 3.33. The highest BCUT2D eigenvalue weighted by Gasteiger charge is 2.27. The highest BCUT2D eigenvalue weighted by atomic mass is 19.1. The molecule has 0 radical (unpaired) electrons. The van der Waals surface area contributed by atoms with Crippen LogP contribution in [-0.2, 0) is 0 Å². The Bertz CT molecular complexity index is 543. The highest BCUT2D eigenvalue weighted by molar-refractivity contribution is 5.93. The average molecular weight is 286 g/mol. The zero-order valence-corrected chi connectivity index (χ0v) is 11.0. The maximum Gasteiger partial charge on any atom is 0.342 e. The Kier molecular flexibility index (Phi) is 4.61. The van der Waals surface area contributed by atoms with E-state index in [1.807, 2.05) is 0 Å². The van der Waals surface area contributed by atoms with E-state index < -0.39 is 33.5 Å². The normalized spacial score (nSPS) is 13.6. The number of benzene rings is 1. The number of hydrogen-bond acceptors (Lipinski definition) is 5. The molecule has 0 fully saturated rings. The molecular weight excluding hydrogens is 271 g/mol. The first-order chi connectivity index (χ1) is 9.24. The lowest BCUT2D eigenvalue weighted by Crippen LogP contribution is -2.38. The first-order valence-corrected chi connectivity index (χ1v) is 5.84. The van der Waals surface area contributed by atoms with E-state index in [4.69, 9.17) is 5.11 Å². The predicted molar refractivity (Wildman–Crippen MR) is 69.4 cm³/mol. The molecule has 1 atom stereocenters. The second kappa shape index (κ2) is 5.83. The van der Waals surface area contributed by atoms with Crippen LogP contribution in [0.4, 0.5) is 15.8 Å². The summed E-state index contributed by atoms with van der Waals surface area (Å²) in [7, 11) is 0. The second-order valence-electron chi connectivity index (χ2n) is 4.61. The van der Waals surface area contributed by atoms with Gasteiger partial charge in [0, 0.05) is 0 Å². The van der Waals surface area contributed by atoms with E-state index >= 15 is 0 Å². The highest BCUT2D eigenvalue weighted by Crippen LogP contribution is 2.28. The molecule has 0 heterocycles. The number of nitro groups is 1. The molecule has 1 unspecified atom stereocenters. The second-order valence-corrected chi connectivity index (χ2v) is 4.61. The first kappa shape index (κ1) is 15.8. The number of nitrogens with one attached hydrogen (secondary N) is 1. The van der Waals surface area contributed by atoms with Crippen molar-refractivity contribution in [3.8, 4) is 0 Å². The molecule has 0 saturated carbocycles. The van der Waals surface area contributed by atoms with Crippen molar-refractivity contribution >= 4 is 17.3 Å². The number of aliphatic hydroxyl groups is 1. The maximum absolute atomic E-state index is 13.8. The van der Waals surface area contributed by atoms with Gasteiger partial charge in [-0.15, -0.1) is 0 Å². The monoisotopic (exact) mass is 286 g/mol. The summed E-state index contributed by atoms with van der Waals surface area (Å²) >= 11 is 0. The topological polar surface area (TPSA) is 113 Å². The van der Waals surface area contributed by atoms with Crippen LogP contribution in [0.3, 0.4) is 0 Å². The molecule has 0 aliphatic rings. The molecule has 0 spiro atoms. The third-order valence-electron chi connectivity index (χ3n) is 3.08. The van der Waals surface area contributed by atoms with E-state index in [1.54, 1.807) is 13.8 Å². The van der Waals surface area contributed by atoms with Gasteiger partial charge in [0.25, 0.3) is 5.69 Å². The molecule has 1 rings (SSSR count). The van der Waals surface area contributed by atoms with Gasteiger partial charge in [0.2, 0.25) is 0 Å². The van der Waals surface area contributed by atoms with E-state index in [-0.39, 0.29) is 12.3 Å². The molecule has 0 aliphatic heterocycles. The Labute approximate surface area is 114 Å². The van der Waals surface area contributed by atoms with Gasteiger partial charge >= 0.3 is 5.97 Å². The number of carboxylic acids is 1. The molecule has 7 nitrogen and oxygen atoms in total. The summed E-state index contributed by atoms with van der Waals surface area (Å²) in [6.07, 6.45) is 0.447. The third kappa shape index (κ3) is 3.21. The predicted octanol–water partition coefficient (Wildman–Crippen LogP) is 2.00. The van der Waals surface area contributed by atoms with Crippen LogP contribution in [0.1, 0.15) is 30.6 Å². The lowest BCUT2D eigenvalue weighted by Gasteiger charge is -2.28. The number of carbonyl (C=O) groups is 1. The minimum atomic E-state index is -1.53. The standard InChI is InChI=1S/C12H15FN2O5/c1-3-12(2,6-16)14-9-4-7(11(17)18)10(15(19)20)5-8(9)13/h4-5,14,16H,3,6H2,1-2H3,(H,17,18). The fourth-order valence-corrected chi connectivity index (χ4v) is 1.55. The third-order valence-corrected chi connectivity index (χ3v) is 3.08. The summed E-state index contributed by atoms with van der Waals surface area (Å²) in [5, 5.41) is 31.6. The van der Waals surface area contributed by atoms with Crippen molar-refractivity contribution in [3.05, 3.63) is 33.6 Å². The quantitative estimate of drug-likeness (QED) is 0.544. The van der Waals surface area contributed by atoms with Crippen LogP contribution in [-0.4, -0.2) is 33.3 Å². The molecular formula is C12H15FN2O5. The molecule has 0 saturated heterocycles. The number of hydrogen-bond donors (Lipinski definition) is 3. The lowest BCUT2D eigenvalue weighted by molar-refractivity contribution is -0.385.